The second-order valence-electron chi connectivity index (χ2n) is 3.74. The average Bonchev–Trinajstić information content (AvgIpc) is 2.64. The molecule has 0 saturated heterocycles. The summed E-state index contributed by atoms with van der Waals surface area (Å²) >= 11 is 0. The first-order valence-electron chi connectivity index (χ1n) is 5.13. The molecule has 0 aliphatic rings. The van der Waals surface area contributed by atoms with Crippen molar-refractivity contribution in [3.05, 3.63) is 30.1 Å². The molecule has 0 atom stereocenters. The third-order valence-electron chi connectivity index (χ3n) is 2.50. The fourth-order valence-corrected chi connectivity index (χ4v) is 1.76. The highest BCUT2D eigenvalue weighted by atomic mass is 19.4. The van der Waals surface area contributed by atoms with Crippen molar-refractivity contribution in [3.63, 3.8) is 0 Å². The Morgan fingerprint density at radius 1 is 1.44 bits per heavy atom. The molecule has 96 valence electrons. The zero-order valence-corrected chi connectivity index (χ0v) is 9.11. The second-order valence-corrected chi connectivity index (χ2v) is 3.74. The molecule has 0 saturated carbocycles. The van der Waals surface area contributed by atoms with Gasteiger partial charge in [0.2, 0.25) is 0 Å². The van der Waals surface area contributed by atoms with Crippen molar-refractivity contribution >= 4 is 17.0 Å². The topological polar surface area (TPSA) is 55.1 Å². The normalized spacial score (nSPS) is 11.9. The van der Waals surface area contributed by atoms with E-state index in [-0.39, 0.29) is 18.6 Å². The smallest absolute Gasteiger partial charge is 0.431 e. The fraction of sp³-hybridized carbons (Fsp3) is 0.273. The highest BCUT2D eigenvalue weighted by Gasteiger charge is 2.35. The lowest BCUT2D eigenvalue weighted by molar-refractivity contribution is -0.144. The Kier molecular flexibility index (Phi) is 2.98. The van der Waals surface area contributed by atoms with Crippen LogP contribution in [0.25, 0.3) is 11.0 Å². The standard InChI is InChI=1S/C11H9F3N2O2/c12-11(13,14)8-6-7-2-1-4-15-10(7)16(8)5-3-9(17)18/h1-2,4,6H,3,5H2,(H,17,18). The van der Waals surface area contributed by atoms with E-state index in [1.165, 1.54) is 18.3 Å². The first kappa shape index (κ1) is 12.4. The van der Waals surface area contributed by atoms with Crippen LogP contribution in [0.3, 0.4) is 0 Å². The molecule has 4 nitrogen and oxygen atoms in total. The van der Waals surface area contributed by atoms with E-state index in [2.05, 4.69) is 4.98 Å². The molecule has 0 unspecified atom stereocenters. The number of carboxylic acids is 1. The molecule has 1 N–H and O–H groups in total. The van der Waals surface area contributed by atoms with Crippen LogP contribution in [-0.2, 0) is 17.5 Å². The molecule has 2 heterocycles. The first-order chi connectivity index (χ1) is 8.39. The monoisotopic (exact) mass is 258 g/mol. The van der Waals surface area contributed by atoms with Crippen molar-refractivity contribution in [1.82, 2.24) is 9.55 Å². The van der Waals surface area contributed by atoms with E-state index < -0.39 is 17.8 Å². The van der Waals surface area contributed by atoms with Gasteiger partial charge in [-0.25, -0.2) is 4.98 Å². The van der Waals surface area contributed by atoms with E-state index in [4.69, 9.17) is 5.11 Å². The number of hydrogen-bond acceptors (Lipinski definition) is 2. The highest BCUT2D eigenvalue weighted by molar-refractivity contribution is 5.77. The number of carbonyl (C=O) groups is 1. The maximum Gasteiger partial charge on any atom is 0.431 e. The summed E-state index contributed by atoms with van der Waals surface area (Å²) < 4.78 is 39.3. The van der Waals surface area contributed by atoms with Crippen LogP contribution in [-0.4, -0.2) is 20.6 Å². The molecule has 0 aliphatic heterocycles. The molecular formula is C11H9F3N2O2. The minimum Gasteiger partial charge on any atom is -0.481 e. The molecule has 0 radical (unpaired) electrons. The van der Waals surface area contributed by atoms with Gasteiger partial charge in [0, 0.05) is 18.1 Å². The zero-order valence-electron chi connectivity index (χ0n) is 9.11. The Morgan fingerprint density at radius 3 is 2.78 bits per heavy atom. The molecule has 2 aromatic rings. The quantitative estimate of drug-likeness (QED) is 0.920. The third-order valence-corrected chi connectivity index (χ3v) is 2.50. The number of aliphatic carboxylic acids is 1. The number of pyridine rings is 1. The number of nitrogens with zero attached hydrogens (tertiary/aromatic N) is 2. The summed E-state index contributed by atoms with van der Waals surface area (Å²) in [4.78, 5) is 14.3. The van der Waals surface area contributed by atoms with Gasteiger partial charge in [-0.05, 0) is 18.2 Å². The van der Waals surface area contributed by atoms with E-state index >= 15 is 0 Å². The first-order valence-corrected chi connectivity index (χ1v) is 5.13. The molecule has 0 spiro atoms. The lowest BCUT2D eigenvalue weighted by atomic mass is 10.3. The molecule has 18 heavy (non-hydrogen) atoms. The molecule has 0 amide bonds. The van der Waals surface area contributed by atoms with Crippen LogP contribution in [0.5, 0.6) is 0 Å². The minimum atomic E-state index is -4.53. The van der Waals surface area contributed by atoms with Crippen molar-refractivity contribution in [2.45, 2.75) is 19.1 Å². The predicted octanol–water partition coefficient (Wildman–Crippen LogP) is 2.53. The van der Waals surface area contributed by atoms with E-state index in [9.17, 15) is 18.0 Å². The Hall–Kier alpha value is -2.05. The number of halogens is 3. The van der Waals surface area contributed by atoms with Gasteiger partial charge in [0.25, 0.3) is 0 Å². The molecule has 7 heteroatoms. The Bertz CT molecular complexity index is 589. The summed E-state index contributed by atoms with van der Waals surface area (Å²) in [5.74, 6) is -1.15. The zero-order chi connectivity index (χ0) is 13.3. The average molecular weight is 258 g/mol. The number of aryl methyl sites for hydroxylation is 1. The van der Waals surface area contributed by atoms with Gasteiger partial charge in [0.05, 0.1) is 6.42 Å². The summed E-state index contributed by atoms with van der Waals surface area (Å²) in [7, 11) is 0. The number of carboxylic acid groups (broad SMARTS) is 1. The van der Waals surface area contributed by atoms with Crippen molar-refractivity contribution in [2.24, 2.45) is 0 Å². The molecule has 2 rings (SSSR count). The van der Waals surface area contributed by atoms with Gasteiger partial charge >= 0.3 is 12.1 Å². The number of fused-ring (bicyclic) bond motifs is 1. The van der Waals surface area contributed by atoms with Gasteiger partial charge in [0.1, 0.15) is 11.3 Å². The number of aromatic nitrogens is 2. The largest absolute Gasteiger partial charge is 0.481 e. The van der Waals surface area contributed by atoms with Crippen LogP contribution in [0.2, 0.25) is 0 Å². The molecule has 0 aliphatic carbocycles. The van der Waals surface area contributed by atoms with Crippen LogP contribution in [0, 0.1) is 0 Å². The highest BCUT2D eigenvalue weighted by Crippen LogP contribution is 2.33. The summed E-state index contributed by atoms with van der Waals surface area (Å²) in [6, 6.07) is 4.02. The van der Waals surface area contributed by atoms with E-state index in [1.807, 2.05) is 0 Å². The second kappa shape index (κ2) is 4.32. The minimum absolute atomic E-state index is 0.145. The molecule has 0 bridgehead atoms. The maximum atomic E-state index is 12.8. The van der Waals surface area contributed by atoms with Crippen LogP contribution in [0.15, 0.2) is 24.4 Å². The van der Waals surface area contributed by atoms with Crippen molar-refractivity contribution < 1.29 is 23.1 Å². The fourth-order valence-electron chi connectivity index (χ4n) is 1.76. The van der Waals surface area contributed by atoms with Gasteiger partial charge in [-0.15, -0.1) is 0 Å². The van der Waals surface area contributed by atoms with Crippen LogP contribution >= 0.6 is 0 Å². The lowest BCUT2D eigenvalue weighted by Gasteiger charge is -2.11. The summed E-state index contributed by atoms with van der Waals surface area (Å²) in [5.41, 5.74) is -0.733. The summed E-state index contributed by atoms with van der Waals surface area (Å²) in [6.07, 6.45) is -3.54. The van der Waals surface area contributed by atoms with Gasteiger partial charge in [-0.3, -0.25) is 4.79 Å². The summed E-state index contributed by atoms with van der Waals surface area (Å²) in [6.45, 7) is -0.259. The van der Waals surface area contributed by atoms with Gasteiger partial charge in [-0.2, -0.15) is 13.2 Å². The van der Waals surface area contributed by atoms with Crippen LogP contribution in [0.1, 0.15) is 12.1 Å². The van der Waals surface area contributed by atoms with Gasteiger partial charge in [0.15, 0.2) is 0 Å². The van der Waals surface area contributed by atoms with Crippen molar-refractivity contribution in [1.29, 1.82) is 0 Å². The molecule has 0 aromatic carbocycles. The van der Waals surface area contributed by atoms with Gasteiger partial charge < -0.3 is 9.67 Å². The molecule has 0 fully saturated rings. The Balaban J connectivity index is 2.54. The van der Waals surface area contributed by atoms with E-state index in [1.54, 1.807) is 0 Å². The number of hydrogen-bond donors (Lipinski definition) is 1. The predicted molar refractivity (Wildman–Crippen MR) is 57.0 cm³/mol. The van der Waals surface area contributed by atoms with Crippen LogP contribution < -0.4 is 0 Å². The van der Waals surface area contributed by atoms with Crippen molar-refractivity contribution in [2.75, 3.05) is 0 Å². The SMILES string of the molecule is O=C(O)CCn1c(C(F)(F)F)cc2cccnc21. The number of rotatable bonds is 3. The third kappa shape index (κ3) is 2.29. The summed E-state index contributed by atoms with van der Waals surface area (Å²) in [5, 5.41) is 8.91. The lowest BCUT2D eigenvalue weighted by Crippen LogP contribution is -2.15. The van der Waals surface area contributed by atoms with Crippen molar-refractivity contribution in [3.8, 4) is 0 Å². The number of alkyl halides is 3. The van der Waals surface area contributed by atoms with Gasteiger partial charge in [-0.1, -0.05) is 0 Å². The Labute approximate surface area is 99.7 Å². The maximum absolute atomic E-state index is 12.8. The van der Waals surface area contributed by atoms with E-state index in [0.717, 1.165) is 10.6 Å². The van der Waals surface area contributed by atoms with Crippen LogP contribution in [0.4, 0.5) is 13.2 Å². The Morgan fingerprint density at radius 2 is 2.17 bits per heavy atom. The van der Waals surface area contributed by atoms with E-state index in [0.29, 0.717) is 5.39 Å². The molecule has 2 aromatic heterocycles. The molecular weight excluding hydrogens is 249 g/mol.